The van der Waals surface area contributed by atoms with Crippen molar-refractivity contribution in [2.45, 2.75) is 18.7 Å². The standard InChI is InChI=1S/C15H18N2O2S/c1-3-17(4-2)20(18,19)14-9-7-8-13(12-14)15-10-5-6-11-16-15/h5-12H,3-4H2,1-2H3. The summed E-state index contributed by atoms with van der Waals surface area (Å²) in [4.78, 5) is 4.56. The van der Waals surface area contributed by atoms with Gasteiger partial charge in [0.1, 0.15) is 0 Å². The molecule has 0 aliphatic carbocycles. The molecule has 0 amide bonds. The van der Waals surface area contributed by atoms with E-state index in [-0.39, 0.29) is 0 Å². The minimum absolute atomic E-state index is 0.310. The van der Waals surface area contributed by atoms with Crippen LogP contribution in [0.3, 0.4) is 0 Å². The fourth-order valence-corrected chi connectivity index (χ4v) is 3.57. The van der Waals surface area contributed by atoms with E-state index >= 15 is 0 Å². The SMILES string of the molecule is CCN(CC)S(=O)(=O)c1cccc(-c2ccccn2)c1. The van der Waals surface area contributed by atoms with Crippen molar-refractivity contribution in [3.63, 3.8) is 0 Å². The second-order valence-corrected chi connectivity index (χ2v) is 6.27. The molecule has 2 aromatic rings. The minimum atomic E-state index is -3.43. The van der Waals surface area contributed by atoms with Crippen molar-refractivity contribution in [1.82, 2.24) is 9.29 Å². The summed E-state index contributed by atoms with van der Waals surface area (Å²) in [5.41, 5.74) is 1.57. The maximum Gasteiger partial charge on any atom is 0.243 e. The van der Waals surface area contributed by atoms with E-state index in [9.17, 15) is 8.42 Å². The van der Waals surface area contributed by atoms with Crippen LogP contribution in [0.15, 0.2) is 53.6 Å². The molecular formula is C15H18N2O2S. The van der Waals surface area contributed by atoms with Crippen molar-refractivity contribution in [3.05, 3.63) is 48.7 Å². The Bertz CT molecular complexity index is 665. The molecule has 1 aromatic heterocycles. The van der Waals surface area contributed by atoms with Crippen molar-refractivity contribution in [3.8, 4) is 11.3 Å². The summed E-state index contributed by atoms with van der Waals surface area (Å²) >= 11 is 0. The van der Waals surface area contributed by atoms with E-state index in [0.29, 0.717) is 18.0 Å². The van der Waals surface area contributed by atoms with Crippen molar-refractivity contribution in [2.75, 3.05) is 13.1 Å². The van der Waals surface area contributed by atoms with Crippen LogP contribution in [0.5, 0.6) is 0 Å². The summed E-state index contributed by atoms with van der Waals surface area (Å²) in [6.07, 6.45) is 1.70. The van der Waals surface area contributed by atoms with Crippen LogP contribution < -0.4 is 0 Å². The Labute approximate surface area is 120 Å². The molecule has 5 heteroatoms. The van der Waals surface area contributed by atoms with E-state index in [1.807, 2.05) is 38.1 Å². The fourth-order valence-electron chi connectivity index (χ4n) is 2.06. The molecule has 0 aliphatic rings. The largest absolute Gasteiger partial charge is 0.256 e. The monoisotopic (exact) mass is 290 g/mol. The lowest BCUT2D eigenvalue weighted by Crippen LogP contribution is -2.30. The first-order chi connectivity index (χ1) is 9.59. The van der Waals surface area contributed by atoms with Gasteiger partial charge in [-0.05, 0) is 24.3 Å². The molecule has 2 rings (SSSR count). The van der Waals surface area contributed by atoms with Gasteiger partial charge in [0.2, 0.25) is 10.0 Å². The van der Waals surface area contributed by atoms with Gasteiger partial charge in [-0.2, -0.15) is 4.31 Å². The predicted molar refractivity (Wildman–Crippen MR) is 79.8 cm³/mol. The van der Waals surface area contributed by atoms with Crippen LogP contribution in [-0.4, -0.2) is 30.8 Å². The summed E-state index contributed by atoms with van der Waals surface area (Å²) in [6.45, 7) is 4.60. The third-order valence-corrected chi connectivity index (χ3v) is 5.18. The molecule has 0 N–H and O–H groups in total. The van der Waals surface area contributed by atoms with Crippen LogP contribution in [0.25, 0.3) is 11.3 Å². The van der Waals surface area contributed by atoms with Crippen LogP contribution in [-0.2, 0) is 10.0 Å². The molecule has 0 radical (unpaired) electrons. The maximum atomic E-state index is 12.5. The van der Waals surface area contributed by atoms with Crippen molar-refractivity contribution >= 4 is 10.0 Å². The normalized spacial score (nSPS) is 11.8. The second-order valence-electron chi connectivity index (χ2n) is 4.33. The van der Waals surface area contributed by atoms with Gasteiger partial charge in [0.25, 0.3) is 0 Å². The van der Waals surface area contributed by atoms with Crippen LogP contribution >= 0.6 is 0 Å². The zero-order chi connectivity index (χ0) is 14.6. The fraction of sp³-hybridized carbons (Fsp3) is 0.267. The van der Waals surface area contributed by atoms with E-state index in [1.54, 1.807) is 24.4 Å². The lowest BCUT2D eigenvalue weighted by molar-refractivity contribution is 0.445. The molecule has 4 nitrogen and oxygen atoms in total. The highest BCUT2D eigenvalue weighted by atomic mass is 32.2. The summed E-state index contributed by atoms with van der Waals surface area (Å²) < 4.78 is 26.4. The molecule has 0 saturated heterocycles. The van der Waals surface area contributed by atoms with Crippen molar-refractivity contribution in [2.24, 2.45) is 0 Å². The first-order valence-corrected chi connectivity index (χ1v) is 8.05. The number of sulfonamides is 1. The average molecular weight is 290 g/mol. The number of hydrogen-bond donors (Lipinski definition) is 0. The summed E-state index contributed by atoms with van der Waals surface area (Å²) in [6, 6.07) is 12.5. The number of hydrogen-bond acceptors (Lipinski definition) is 3. The Morgan fingerprint density at radius 2 is 1.80 bits per heavy atom. The molecule has 0 atom stereocenters. The Balaban J connectivity index is 2.45. The molecule has 1 aromatic carbocycles. The molecule has 0 spiro atoms. The second kappa shape index (κ2) is 6.15. The van der Waals surface area contributed by atoms with Crippen LogP contribution in [0, 0.1) is 0 Å². The molecule has 0 bridgehead atoms. The highest BCUT2D eigenvalue weighted by Crippen LogP contribution is 2.22. The van der Waals surface area contributed by atoms with E-state index in [4.69, 9.17) is 0 Å². The lowest BCUT2D eigenvalue weighted by Gasteiger charge is -2.18. The van der Waals surface area contributed by atoms with Crippen LogP contribution in [0.4, 0.5) is 0 Å². The van der Waals surface area contributed by atoms with Gasteiger partial charge in [-0.25, -0.2) is 8.42 Å². The molecule has 0 unspecified atom stereocenters. The molecule has 106 valence electrons. The number of aromatic nitrogens is 1. The molecule has 0 fully saturated rings. The first-order valence-electron chi connectivity index (χ1n) is 6.61. The van der Waals surface area contributed by atoms with Crippen LogP contribution in [0.2, 0.25) is 0 Å². The number of nitrogens with zero attached hydrogens (tertiary/aromatic N) is 2. The van der Waals surface area contributed by atoms with E-state index in [2.05, 4.69) is 4.98 Å². The van der Waals surface area contributed by atoms with Gasteiger partial charge < -0.3 is 0 Å². The average Bonchev–Trinajstić information content (AvgIpc) is 2.49. The van der Waals surface area contributed by atoms with E-state index in [1.165, 1.54) is 4.31 Å². The quantitative estimate of drug-likeness (QED) is 0.851. The molecule has 1 heterocycles. The Morgan fingerprint density at radius 1 is 1.05 bits per heavy atom. The van der Waals surface area contributed by atoms with Gasteiger partial charge in [0.05, 0.1) is 10.6 Å². The highest BCUT2D eigenvalue weighted by molar-refractivity contribution is 7.89. The van der Waals surface area contributed by atoms with E-state index < -0.39 is 10.0 Å². The molecular weight excluding hydrogens is 272 g/mol. The predicted octanol–water partition coefficient (Wildman–Crippen LogP) is 2.78. The summed E-state index contributed by atoms with van der Waals surface area (Å²) in [5, 5.41) is 0. The number of pyridine rings is 1. The topological polar surface area (TPSA) is 50.3 Å². The van der Waals surface area contributed by atoms with Gasteiger partial charge in [-0.1, -0.05) is 32.0 Å². The zero-order valence-electron chi connectivity index (χ0n) is 11.7. The molecule has 0 aliphatic heterocycles. The smallest absolute Gasteiger partial charge is 0.243 e. The van der Waals surface area contributed by atoms with Crippen LogP contribution in [0.1, 0.15) is 13.8 Å². The maximum absolute atomic E-state index is 12.5. The van der Waals surface area contributed by atoms with Gasteiger partial charge in [0.15, 0.2) is 0 Å². The number of rotatable bonds is 5. The first kappa shape index (κ1) is 14.7. The Hall–Kier alpha value is -1.72. The van der Waals surface area contributed by atoms with E-state index in [0.717, 1.165) is 11.3 Å². The van der Waals surface area contributed by atoms with Gasteiger partial charge in [0, 0.05) is 24.8 Å². The van der Waals surface area contributed by atoms with Crippen molar-refractivity contribution in [1.29, 1.82) is 0 Å². The van der Waals surface area contributed by atoms with Gasteiger partial charge in [-0.15, -0.1) is 0 Å². The van der Waals surface area contributed by atoms with Crippen molar-refractivity contribution < 1.29 is 8.42 Å². The minimum Gasteiger partial charge on any atom is -0.256 e. The third-order valence-electron chi connectivity index (χ3n) is 3.14. The number of benzene rings is 1. The van der Waals surface area contributed by atoms with Gasteiger partial charge in [-0.3, -0.25) is 4.98 Å². The zero-order valence-corrected chi connectivity index (χ0v) is 12.5. The lowest BCUT2D eigenvalue weighted by atomic mass is 10.1. The summed E-state index contributed by atoms with van der Waals surface area (Å²) in [5.74, 6) is 0. The highest BCUT2D eigenvalue weighted by Gasteiger charge is 2.21. The Morgan fingerprint density at radius 3 is 2.40 bits per heavy atom. The molecule has 20 heavy (non-hydrogen) atoms. The van der Waals surface area contributed by atoms with Gasteiger partial charge >= 0.3 is 0 Å². The third kappa shape index (κ3) is 2.89. The Kier molecular flexibility index (Phi) is 4.52. The molecule has 0 saturated carbocycles. The summed E-state index contributed by atoms with van der Waals surface area (Å²) in [7, 11) is -3.43.